The van der Waals surface area contributed by atoms with Crippen molar-refractivity contribution < 1.29 is 14.3 Å². The molecule has 0 fully saturated rings. The summed E-state index contributed by atoms with van der Waals surface area (Å²) in [6.45, 7) is 1.26. The molecule has 3 aromatic carbocycles. The highest BCUT2D eigenvalue weighted by Crippen LogP contribution is 2.26. The molecule has 0 N–H and O–H groups in total. The fourth-order valence-electron chi connectivity index (χ4n) is 3.44. The van der Waals surface area contributed by atoms with Gasteiger partial charge in [-0.25, -0.2) is 0 Å². The minimum Gasteiger partial charge on any atom is -0.497 e. The standard InChI is InChI=1S/C25H21NO3/c1-28-23-9-5-6-18(14-23)10-11-19-15-20(12-13-24(19)29-2)25(27)26-16-21-7-3-4-8-22(21)17-26/h3-9,12-15H,16-17H2,1-2H3. The van der Waals surface area contributed by atoms with Crippen LogP contribution in [0.5, 0.6) is 11.5 Å². The Labute approximate surface area is 170 Å². The van der Waals surface area contributed by atoms with E-state index in [0.717, 1.165) is 11.3 Å². The van der Waals surface area contributed by atoms with Crippen LogP contribution in [0.2, 0.25) is 0 Å². The molecule has 0 atom stereocenters. The fourth-order valence-corrected chi connectivity index (χ4v) is 3.44. The summed E-state index contributed by atoms with van der Waals surface area (Å²) < 4.78 is 10.7. The van der Waals surface area contributed by atoms with E-state index < -0.39 is 0 Å². The number of ether oxygens (including phenoxy) is 2. The monoisotopic (exact) mass is 383 g/mol. The predicted molar refractivity (Wildman–Crippen MR) is 112 cm³/mol. The van der Waals surface area contributed by atoms with Crippen molar-refractivity contribution >= 4 is 5.91 Å². The zero-order valence-corrected chi connectivity index (χ0v) is 16.4. The highest BCUT2D eigenvalue weighted by molar-refractivity contribution is 5.95. The molecular formula is C25H21NO3. The molecule has 144 valence electrons. The molecule has 0 saturated heterocycles. The number of amides is 1. The summed E-state index contributed by atoms with van der Waals surface area (Å²) in [6.07, 6.45) is 0. The van der Waals surface area contributed by atoms with E-state index in [1.807, 2.05) is 41.3 Å². The van der Waals surface area contributed by atoms with Gasteiger partial charge in [-0.2, -0.15) is 0 Å². The molecule has 0 aliphatic carbocycles. The second-order valence-corrected chi connectivity index (χ2v) is 6.83. The lowest BCUT2D eigenvalue weighted by molar-refractivity contribution is 0.0751. The van der Waals surface area contributed by atoms with Crippen molar-refractivity contribution in [3.8, 4) is 23.3 Å². The molecule has 4 rings (SSSR count). The Morgan fingerprint density at radius 2 is 1.62 bits per heavy atom. The largest absolute Gasteiger partial charge is 0.497 e. The maximum absolute atomic E-state index is 13.0. The molecule has 0 aromatic heterocycles. The molecule has 29 heavy (non-hydrogen) atoms. The van der Waals surface area contributed by atoms with Crippen LogP contribution in [0, 0.1) is 11.8 Å². The Morgan fingerprint density at radius 3 is 2.31 bits per heavy atom. The lowest BCUT2D eigenvalue weighted by Gasteiger charge is -2.16. The average molecular weight is 383 g/mol. The first kappa shape index (κ1) is 18.6. The number of nitrogens with zero attached hydrogens (tertiary/aromatic N) is 1. The van der Waals surface area contributed by atoms with E-state index in [1.165, 1.54) is 11.1 Å². The summed E-state index contributed by atoms with van der Waals surface area (Å²) in [4.78, 5) is 14.9. The summed E-state index contributed by atoms with van der Waals surface area (Å²) in [5.41, 5.74) is 4.52. The molecule has 1 heterocycles. The molecule has 1 amide bonds. The van der Waals surface area contributed by atoms with Gasteiger partial charge < -0.3 is 14.4 Å². The van der Waals surface area contributed by atoms with Gasteiger partial charge in [-0.3, -0.25) is 4.79 Å². The van der Waals surface area contributed by atoms with Crippen LogP contribution < -0.4 is 9.47 Å². The van der Waals surface area contributed by atoms with Gasteiger partial charge in [0.05, 0.1) is 19.8 Å². The van der Waals surface area contributed by atoms with E-state index >= 15 is 0 Å². The van der Waals surface area contributed by atoms with Gasteiger partial charge in [0.1, 0.15) is 11.5 Å². The molecule has 0 bridgehead atoms. The van der Waals surface area contributed by atoms with E-state index in [9.17, 15) is 4.79 Å². The van der Waals surface area contributed by atoms with Crippen molar-refractivity contribution in [1.29, 1.82) is 0 Å². The molecule has 0 unspecified atom stereocenters. The second-order valence-electron chi connectivity index (χ2n) is 6.83. The van der Waals surface area contributed by atoms with Crippen molar-refractivity contribution in [3.63, 3.8) is 0 Å². The lowest BCUT2D eigenvalue weighted by Crippen LogP contribution is -2.25. The number of carbonyl (C=O) groups is 1. The fraction of sp³-hybridized carbons (Fsp3) is 0.160. The minimum atomic E-state index is -0.00622. The van der Waals surface area contributed by atoms with Crippen LogP contribution in [0.1, 0.15) is 32.6 Å². The molecular weight excluding hydrogens is 362 g/mol. The van der Waals surface area contributed by atoms with Gasteiger partial charge in [-0.1, -0.05) is 42.2 Å². The number of hydrogen-bond acceptors (Lipinski definition) is 3. The summed E-state index contributed by atoms with van der Waals surface area (Å²) in [5.74, 6) is 7.64. The summed E-state index contributed by atoms with van der Waals surface area (Å²) in [5, 5.41) is 0. The quantitative estimate of drug-likeness (QED) is 0.635. The Hall–Kier alpha value is -3.71. The van der Waals surface area contributed by atoms with Gasteiger partial charge in [0.25, 0.3) is 5.91 Å². The van der Waals surface area contributed by atoms with Gasteiger partial charge in [0, 0.05) is 24.2 Å². The molecule has 4 heteroatoms. The first-order valence-corrected chi connectivity index (χ1v) is 9.38. The first-order valence-electron chi connectivity index (χ1n) is 9.38. The zero-order chi connectivity index (χ0) is 20.2. The second kappa shape index (κ2) is 8.12. The third kappa shape index (κ3) is 3.95. The summed E-state index contributed by atoms with van der Waals surface area (Å²) in [6, 6.07) is 21.1. The van der Waals surface area contributed by atoms with Crippen LogP contribution in [0.15, 0.2) is 66.7 Å². The molecule has 0 radical (unpaired) electrons. The van der Waals surface area contributed by atoms with Crippen molar-refractivity contribution in [2.24, 2.45) is 0 Å². The van der Waals surface area contributed by atoms with Gasteiger partial charge in [0.2, 0.25) is 0 Å². The molecule has 0 spiro atoms. The summed E-state index contributed by atoms with van der Waals surface area (Å²) >= 11 is 0. The normalized spacial score (nSPS) is 12.0. The lowest BCUT2D eigenvalue weighted by atomic mass is 10.1. The van der Waals surface area contributed by atoms with Gasteiger partial charge in [-0.05, 0) is 47.5 Å². The third-order valence-corrected chi connectivity index (χ3v) is 4.99. The molecule has 1 aliphatic rings. The van der Waals surface area contributed by atoms with Crippen LogP contribution in [-0.4, -0.2) is 25.0 Å². The number of methoxy groups -OCH3 is 2. The van der Waals surface area contributed by atoms with Gasteiger partial charge in [-0.15, -0.1) is 0 Å². The minimum absolute atomic E-state index is 0.00622. The molecule has 4 nitrogen and oxygen atoms in total. The molecule has 1 aliphatic heterocycles. The number of fused-ring (bicyclic) bond motifs is 1. The van der Waals surface area contributed by atoms with Crippen molar-refractivity contribution in [3.05, 3.63) is 94.5 Å². The smallest absolute Gasteiger partial charge is 0.254 e. The Morgan fingerprint density at radius 1 is 0.862 bits per heavy atom. The molecule has 3 aromatic rings. The van der Waals surface area contributed by atoms with Crippen LogP contribution in [0.25, 0.3) is 0 Å². The van der Waals surface area contributed by atoms with Crippen molar-refractivity contribution in [2.75, 3.05) is 14.2 Å². The van der Waals surface area contributed by atoms with E-state index in [2.05, 4.69) is 24.0 Å². The Kier molecular flexibility index (Phi) is 5.22. The van der Waals surface area contributed by atoms with E-state index in [0.29, 0.717) is 30.0 Å². The van der Waals surface area contributed by atoms with Crippen LogP contribution in [0.3, 0.4) is 0 Å². The number of benzene rings is 3. The zero-order valence-electron chi connectivity index (χ0n) is 16.4. The van der Waals surface area contributed by atoms with Crippen molar-refractivity contribution in [1.82, 2.24) is 4.90 Å². The predicted octanol–water partition coefficient (Wildman–Crippen LogP) is 4.26. The van der Waals surface area contributed by atoms with Crippen LogP contribution in [-0.2, 0) is 13.1 Å². The maximum atomic E-state index is 13.0. The van der Waals surface area contributed by atoms with Gasteiger partial charge in [0.15, 0.2) is 0 Å². The van der Waals surface area contributed by atoms with Crippen LogP contribution in [0.4, 0.5) is 0 Å². The molecule has 0 saturated carbocycles. The van der Waals surface area contributed by atoms with Gasteiger partial charge >= 0.3 is 0 Å². The first-order chi connectivity index (χ1) is 14.2. The Bertz CT molecular complexity index is 1100. The van der Waals surface area contributed by atoms with Crippen molar-refractivity contribution in [2.45, 2.75) is 13.1 Å². The highest BCUT2D eigenvalue weighted by atomic mass is 16.5. The number of rotatable bonds is 3. The number of hydrogen-bond donors (Lipinski definition) is 0. The number of carbonyl (C=O) groups excluding carboxylic acids is 1. The Balaban J connectivity index is 1.61. The van der Waals surface area contributed by atoms with E-state index in [1.54, 1.807) is 32.4 Å². The average Bonchev–Trinajstić information content (AvgIpc) is 3.21. The van der Waals surface area contributed by atoms with E-state index in [-0.39, 0.29) is 5.91 Å². The highest BCUT2D eigenvalue weighted by Gasteiger charge is 2.24. The maximum Gasteiger partial charge on any atom is 0.254 e. The summed E-state index contributed by atoms with van der Waals surface area (Å²) in [7, 11) is 3.23. The van der Waals surface area contributed by atoms with E-state index in [4.69, 9.17) is 9.47 Å². The third-order valence-electron chi connectivity index (χ3n) is 4.99. The SMILES string of the molecule is COc1cccc(C#Cc2cc(C(=O)N3Cc4ccccc4C3)ccc2OC)c1. The van der Waals surface area contributed by atoms with Crippen LogP contribution >= 0.6 is 0 Å². The topological polar surface area (TPSA) is 38.8 Å².